The van der Waals surface area contributed by atoms with Gasteiger partial charge in [-0.3, -0.25) is 0 Å². The van der Waals surface area contributed by atoms with E-state index in [-0.39, 0.29) is 0 Å². The average Bonchev–Trinajstić information content (AvgIpc) is 2.48. The molecule has 4 unspecified atom stereocenters. The van der Waals surface area contributed by atoms with E-state index in [4.69, 9.17) is 0 Å². The third kappa shape index (κ3) is 3.17. The Morgan fingerprint density at radius 1 is 0.750 bits per heavy atom. The summed E-state index contributed by atoms with van der Waals surface area (Å²) < 4.78 is 0. The maximum Gasteiger partial charge on any atom is 0.111 e. The van der Waals surface area contributed by atoms with Crippen LogP contribution in [0, 0.1) is 0 Å². The van der Waals surface area contributed by atoms with Crippen molar-refractivity contribution in [2.45, 2.75) is 43.0 Å². The molecule has 6 N–H and O–H groups in total. The van der Waals surface area contributed by atoms with Crippen molar-refractivity contribution < 1.29 is 25.5 Å². The van der Waals surface area contributed by atoms with Crippen LogP contribution >= 0.6 is 0 Å². The summed E-state index contributed by atoms with van der Waals surface area (Å²) in [5.41, 5.74) is 1.10. The van der Waals surface area contributed by atoms with Crippen molar-refractivity contribution in [2.24, 2.45) is 0 Å². The van der Waals surface area contributed by atoms with Crippen LogP contribution in [0.15, 0.2) is 30.3 Å². The van der Waals surface area contributed by atoms with E-state index in [9.17, 15) is 25.5 Å². The van der Waals surface area contributed by atoms with Gasteiger partial charge >= 0.3 is 0 Å². The maximum atomic E-state index is 9.85. The zero-order chi connectivity index (χ0) is 14.7. The van der Waals surface area contributed by atoms with Gasteiger partial charge in [0.1, 0.15) is 30.5 Å². The molecular weight excluding hydrogens is 262 g/mol. The van der Waals surface area contributed by atoms with Crippen LogP contribution in [0.3, 0.4) is 0 Å². The normalized spacial score (nSPS) is 37.9. The number of nitrogens with one attached hydrogen (secondary N) is 1. The summed E-state index contributed by atoms with van der Waals surface area (Å²) in [6.07, 6.45) is -6.50. The molecule has 2 rings (SSSR count). The van der Waals surface area contributed by atoms with Crippen LogP contribution in [-0.2, 0) is 6.42 Å². The first-order valence-corrected chi connectivity index (χ1v) is 6.70. The SMILES string of the molecule is OC1C(O)C(O)C(NCCc2ccccc2)C(O)C1O. The molecule has 6 heteroatoms. The first-order chi connectivity index (χ1) is 9.52. The quantitative estimate of drug-likeness (QED) is 0.381. The van der Waals surface area contributed by atoms with Crippen LogP contribution in [-0.4, -0.2) is 68.6 Å². The van der Waals surface area contributed by atoms with Gasteiger partial charge in [0, 0.05) is 0 Å². The van der Waals surface area contributed by atoms with Crippen LogP contribution in [0.4, 0.5) is 0 Å². The molecule has 0 amide bonds. The molecule has 112 valence electrons. The Kier molecular flexibility index (Phi) is 5.09. The fourth-order valence-electron chi connectivity index (χ4n) is 2.50. The van der Waals surface area contributed by atoms with Crippen molar-refractivity contribution in [3.05, 3.63) is 35.9 Å². The average molecular weight is 283 g/mol. The molecule has 0 bridgehead atoms. The van der Waals surface area contributed by atoms with Gasteiger partial charge in [-0.25, -0.2) is 0 Å². The van der Waals surface area contributed by atoms with Crippen LogP contribution in [0.1, 0.15) is 5.56 Å². The van der Waals surface area contributed by atoms with Crippen molar-refractivity contribution in [1.29, 1.82) is 0 Å². The zero-order valence-electron chi connectivity index (χ0n) is 11.0. The highest BCUT2D eigenvalue weighted by Gasteiger charge is 2.47. The Labute approximate surface area is 117 Å². The summed E-state index contributed by atoms with van der Waals surface area (Å²) in [5.74, 6) is 0. The van der Waals surface area contributed by atoms with E-state index in [1.165, 1.54) is 0 Å². The standard InChI is InChI=1S/C14H21NO5/c16-10-9(11(17)13(19)14(20)12(10)18)15-7-6-8-4-2-1-3-5-8/h1-5,9-20H,6-7H2. The number of benzene rings is 1. The van der Waals surface area contributed by atoms with E-state index in [0.29, 0.717) is 13.0 Å². The van der Waals surface area contributed by atoms with Crippen molar-refractivity contribution in [2.75, 3.05) is 6.54 Å². The van der Waals surface area contributed by atoms with Gasteiger partial charge in [-0.05, 0) is 18.5 Å². The maximum absolute atomic E-state index is 9.85. The fourth-order valence-corrected chi connectivity index (χ4v) is 2.50. The number of hydrogen-bond donors (Lipinski definition) is 6. The Balaban J connectivity index is 1.91. The lowest BCUT2D eigenvalue weighted by molar-refractivity contribution is -0.190. The molecule has 20 heavy (non-hydrogen) atoms. The largest absolute Gasteiger partial charge is 0.389 e. The third-order valence-corrected chi connectivity index (χ3v) is 3.77. The predicted octanol–water partition coefficient (Wildman–Crippen LogP) is -1.99. The molecule has 0 heterocycles. The molecule has 0 aromatic heterocycles. The highest BCUT2D eigenvalue weighted by molar-refractivity contribution is 5.15. The van der Waals surface area contributed by atoms with Gasteiger partial charge < -0.3 is 30.8 Å². The summed E-state index contributed by atoms with van der Waals surface area (Å²) >= 11 is 0. The van der Waals surface area contributed by atoms with Crippen molar-refractivity contribution >= 4 is 0 Å². The second kappa shape index (κ2) is 6.62. The lowest BCUT2D eigenvalue weighted by Crippen LogP contribution is -2.67. The van der Waals surface area contributed by atoms with Crippen molar-refractivity contribution in [1.82, 2.24) is 5.32 Å². The smallest absolute Gasteiger partial charge is 0.111 e. The van der Waals surface area contributed by atoms with Gasteiger partial charge in [0.25, 0.3) is 0 Å². The lowest BCUT2D eigenvalue weighted by atomic mass is 9.83. The van der Waals surface area contributed by atoms with E-state index < -0.39 is 36.6 Å². The van der Waals surface area contributed by atoms with Crippen LogP contribution < -0.4 is 5.32 Å². The van der Waals surface area contributed by atoms with Crippen molar-refractivity contribution in [3.63, 3.8) is 0 Å². The molecule has 1 aliphatic carbocycles. The van der Waals surface area contributed by atoms with Gasteiger partial charge in [0.2, 0.25) is 0 Å². The number of hydrogen-bond acceptors (Lipinski definition) is 6. The van der Waals surface area contributed by atoms with Crippen LogP contribution in [0.5, 0.6) is 0 Å². The number of aliphatic hydroxyl groups is 5. The van der Waals surface area contributed by atoms with Gasteiger partial charge in [-0.2, -0.15) is 0 Å². The summed E-state index contributed by atoms with van der Waals surface area (Å²) in [7, 11) is 0. The summed E-state index contributed by atoms with van der Waals surface area (Å²) in [6, 6.07) is 8.80. The lowest BCUT2D eigenvalue weighted by Gasteiger charge is -2.42. The minimum absolute atomic E-state index is 0.471. The highest BCUT2D eigenvalue weighted by Crippen LogP contribution is 2.21. The molecular formula is C14H21NO5. The van der Waals surface area contributed by atoms with E-state index >= 15 is 0 Å². The number of aliphatic hydroxyl groups excluding tert-OH is 5. The molecule has 0 aliphatic heterocycles. The molecule has 1 saturated carbocycles. The zero-order valence-corrected chi connectivity index (χ0v) is 11.0. The predicted molar refractivity (Wildman–Crippen MR) is 72.0 cm³/mol. The van der Waals surface area contributed by atoms with Gasteiger partial charge in [0.05, 0.1) is 6.04 Å². The van der Waals surface area contributed by atoms with Gasteiger partial charge in [-0.15, -0.1) is 0 Å². The van der Waals surface area contributed by atoms with E-state index in [1.54, 1.807) is 0 Å². The monoisotopic (exact) mass is 283 g/mol. The highest BCUT2D eigenvalue weighted by atomic mass is 16.4. The first-order valence-electron chi connectivity index (χ1n) is 6.70. The Bertz CT molecular complexity index is 399. The Morgan fingerprint density at radius 3 is 1.80 bits per heavy atom. The second-order valence-corrected chi connectivity index (χ2v) is 5.17. The molecule has 0 radical (unpaired) electrons. The van der Waals surface area contributed by atoms with Gasteiger partial charge in [-0.1, -0.05) is 30.3 Å². The molecule has 0 saturated heterocycles. The summed E-state index contributed by atoms with van der Waals surface area (Å²) in [5, 5.41) is 51.3. The Hall–Kier alpha value is -1.02. The van der Waals surface area contributed by atoms with Crippen LogP contribution in [0.25, 0.3) is 0 Å². The fraction of sp³-hybridized carbons (Fsp3) is 0.571. The molecule has 6 nitrogen and oxygen atoms in total. The van der Waals surface area contributed by atoms with Crippen molar-refractivity contribution in [3.8, 4) is 0 Å². The molecule has 1 aromatic carbocycles. The Morgan fingerprint density at radius 2 is 1.25 bits per heavy atom. The van der Waals surface area contributed by atoms with Gasteiger partial charge in [0.15, 0.2) is 0 Å². The molecule has 0 spiro atoms. The molecule has 1 aliphatic rings. The topological polar surface area (TPSA) is 113 Å². The first kappa shape index (κ1) is 15.4. The molecule has 4 atom stereocenters. The van der Waals surface area contributed by atoms with Crippen LogP contribution in [0.2, 0.25) is 0 Å². The summed E-state index contributed by atoms with van der Waals surface area (Å²) in [6.45, 7) is 0.471. The minimum atomic E-state index is -1.55. The van der Waals surface area contributed by atoms with E-state index in [0.717, 1.165) is 5.56 Å². The number of rotatable bonds is 4. The molecule has 1 fully saturated rings. The second-order valence-electron chi connectivity index (χ2n) is 5.17. The molecule has 1 aromatic rings. The van der Waals surface area contributed by atoms with E-state index in [1.807, 2.05) is 30.3 Å². The van der Waals surface area contributed by atoms with E-state index in [2.05, 4.69) is 5.32 Å². The summed E-state index contributed by atoms with van der Waals surface area (Å²) in [4.78, 5) is 0. The third-order valence-electron chi connectivity index (χ3n) is 3.77. The minimum Gasteiger partial charge on any atom is -0.389 e.